The number of aromatic nitrogens is 2. The van der Waals surface area contributed by atoms with Gasteiger partial charge in [-0.05, 0) is 25.5 Å². The zero-order chi connectivity index (χ0) is 15.2. The van der Waals surface area contributed by atoms with Crippen LogP contribution in [-0.2, 0) is 6.54 Å². The predicted octanol–water partition coefficient (Wildman–Crippen LogP) is 2.96. The van der Waals surface area contributed by atoms with E-state index in [-0.39, 0.29) is 11.9 Å². The molecule has 0 saturated carbocycles. The van der Waals surface area contributed by atoms with Crippen molar-refractivity contribution in [2.24, 2.45) is 5.73 Å². The van der Waals surface area contributed by atoms with E-state index in [1.807, 2.05) is 35.0 Å². The quantitative estimate of drug-likeness (QED) is 0.853. The van der Waals surface area contributed by atoms with Crippen LogP contribution in [0.1, 0.15) is 31.9 Å². The lowest BCUT2D eigenvalue weighted by atomic mass is 10.1. The molecule has 1 aromatic heterocycles. The summed E-state index contributed by atoms with van der Waals surface area (Å²) in [7, 11) is 0. The third-order valence-corrected chi connectivity index (χ3v) is 3.59. The SMILES string of the molecule is CCCn1cc(C(CN)N(CC)c2ccccc2F)cn1. The number of aryl methyl sites for hydroxylation is 1. The van der Waals surface area contributed by atoms with Crippen molar-refractivity contribution in [3.8, 4) is 0 Å². The molecular weight excluding hydrogens is 267 g/mol. The van der Waals surface area contributed by atoms with Gasteiger partial charge < -0.3 is 10.6 Å². The minimum atomic E-state index is -0.223. The van der Waals surface area contributed by atoms with Crippen LogP contribution in [0.25, 0.3) is 0 Å². The summed E-state index contributed by atoms with van der Waals surface area (Å²) < 4.78 is 16.0. The third-order valence-electron chi connectivity index (χ3n) is 3.59. The second-order valence-electron chi connectivity index (χ2n) is 5.03. The number of nitrogens with two attached hydrogens (primary N) is 1. The summed E-state index contributed by atoms with van der Waals surface area (Å²) in [4.78, 5) is 1.99. The number of hydrogen-bond donors (Lipinski definition) is 1. The van der Waals surface area contributed by atoms with Crippen LogP contribution in [0.15, 0.2) is 36.7 Å². The zero-order valence-corrected chi connectivity index (χ0v) is 12.7. The van der Waals surface area contributed by atoms with Gasteiger partial charge in [-0.2, -0.15) is 5.10 Å². The molecule has 0 bridgehead atoms. The predicted molar refractivity (Wildman–Crippen MR) is 83.7 cm³/mol. The summed E-state index contributed by atoms with van der Waals surface area (Å²) in [5.41, 5.74) is 7.56. The molecule has 0 spiro atoms. The molecule has 0 aliphatic heterocycles. The minimum Gasteiger partial charge on any atom is -0.361 e. The number of rotatable bonds is 7. The van der Waals surface area contributed by atoms with Gasteiger partial charge in [-0.25, -0.2) is 4.39 Å². The van der Waals surface area contributed by atoms with Gasteiger partial charge in [0.25, 0.3) is 0 Å². The number of para-hydroxylation sites is 1. The first-order chi connectivity index (χ1) is 10.2. The van der Waals surface area contributed by atoms with Crippen molar-refractivity contribution in [3.63, 3.8) is 0 Å². The number of benzene rings is 1. The summed E-state index contributed by atoms with van der Waals surface area (Å²) in [6, 6.07) is 6.74. The smallest absolute Gasteiger partial charge is 0.146 e. The standard InChI is InChI=1S/C16H23FN4/c1-3-9-20-12-13(11-19-20)16(10-18)21(4-2)15-8-6-5-7-14(15)17/h5-8,11-12,16H,3-4,9-10,18H2,1-2H3. The van der Waals surface area contributed by atoms with Gasteiger partial charge in [0.05, 0.1) is 17.9 Å². The number of hydrogen-bond acceptors (Lipinski definition) is 3. The monoisotopic (exact) mass is 290 g/mol. The Bertz CT molecular complexity index is 567. The van der Waals surface area contributed by atoms with E-state index in [2.05, 4.69) is 12.0 Å². The van der Waals surface area contributed by atoms with Crippen molar-refractivity contribution in [1.82, 2.24) is 9.78 Å². The molecule has 2 N–H and O–H groups in total. The van der Waals surface area contributed by atoms with Crippen molar-refractivity contribution < 1.29 is 4.39 Å². The summed E-state index contributed by atoms with van der Waals surface area (Å²) in [6.07, 6.45) is 4.86. The van der Waals surface area contributed by atoms with Gasteiger partial charge >= 0.3 is 0 Å². The van der Waals surface area contributed by atoms with Crippen LogP contribution in [0.5, 0.6) is 0 Å². The van der Waals surface area contributed by atoms with Gasteiger partial charge in [0.15, 0.2) is 0 Å². The molecule has 2 rings (SSSR count). The first kappa shape index (κ1) is 15.5. The number of likely N-dealkylation sites (N-methyl/N-ethyl adjacent to an activating group) is 1. The average Bonchev–Trinajstić information content (AvgIpc) is 2.94. The van der Waals surface area contributed by atoms with E-state index in [0.717, 1.165) is 18.5 Å². The number of anilines is 1. The molecule has 0 saturated heterocycles. The van der Waals surface area contributed by atoms with Gasteiger partial charge in [0.1, 0.15) is 5.82 Å². The van der Waals surface area contributed by atoms with E-state index in [9.17, 15) is 4.39 Å². The molecule has 0 aliphatic rings. The van der Waals surface area contributed by atoms with Crippen LogP contribution in [0.4, 0.5) is 10.1 Å². The van der Waals surface area contributed by atoms with Crippen molar-refractivity contribution >= 4 is 5.69 Å². The van der Waals surface area contributed by atoms with E-state index in [4.69, 9.17) is 5.73 Å². The fraction of sp³-hybridized carbons (Fsp3) is 0.438. The van der Waals surface area contributed by atoms with E-state index in [1.165, 1.54) is 6.07 Å². The van der Waals surface area contributed by atoms with Crippen molar-refractivity contribution in [1.29, 1.82) is 0 Å². The fourth-order valence-corrected chi connectivity index (χ4v) is 2.59. The maximum atomic E-state index is 14.1. The van der Waals surface area contributed by atoms with Crippen LogP contribution in [0, 0.1) is 5.82 Å². The van der Waals surface area contributed by atoms with E-state index < -0.39 is 0 Å². The molecular formula is C16H23FN4. The highest BCUT2D eigenvalue weighted by molar-refractivity contribution is 5.50. The molecule has 1 heterocycles. The maximum Gasteiger partial charge on any atom is 0.146 e. The van der Waals surface area contributed by atoms with Gasteiger partial charge in [-0.15, -0.1) is 0 Å². The van der Waals surface area contributed by atoms with E-state index in [1.54, 1.807) is 12.1 Å². The van der Waals surface area contributed by atoms with Crippen LogP contribution >= 0.6 is 0 Å². The van der Waals surface area contributed by atoms with Crippen LogP contribution in [0.2, 0.25) is 0 Å². The Morgan fingerprint density at radius 1 is 1.33 bits per heavy atom. The van der Waals surface area contributed by atoms with Gasteiger partial charge in [-0.1, -0.05) is 19.1 Å². The first-order valence-electron chi connectivity index (χ1n) is 7.44. The van der Waals surface area contributed by atoms with Gasteiger partial charge in [0.2, 0.25) is 0 Å². The summed E-state index contributed by atoms with van der Waals surface area (Å²) in [5, 5.41) is 4.35. The molecule has 21 heavy (non-hydrogen) atoms. The molecule has 1 unspecified atom stereocenters. The second kappa shape index (κ2) is 7.22. The highest BCUT2D eigenvalue weighted by Crippen LogP contribution is 2.28. The molecule has 0 amide bonds. The Morgan fingerprint density at radius 2 is 2.10 bits per heavy atom. The molecule has 114 valence electrons. The lowest BCUT2D eigenvalue weighted by molar-refractivity contribution is 0.584. The Hall–Kier alpha value is -1.88. The summed E-state index contributed by atoms with van der Waals surface area (Å²) >= 11 is 0. The van der Waals surface area contributed by atoms with Gasteiger partial charge in [0, 0.05) is 31.4 Å². The Balaban J connectivity index is 2.31. The topological polar surface area (TPSA) is 47.1 Å². The van der Waals surface area contributed by atoms with Crippen LogP contribution in [0.3, 0.4) is 0 Å². The first-order valence-corrected chi connectivity index (χ1v) is 7.44. The maximum absolute atomic E-state index is 14.1. The second-order valence-corrected chi connectivity index (χ2v) is 5.03. The Kier molecular flexibility index (Phi) is 5.33. The molecule has 1 aromatic carbocycles. The molecule has 2 aromatic rings. The molecule has 0 radical (unpaired) electrons. The van der Waals surface area contributed by atoms with Crippen molar-refractivity contribution in [3.05, 3.63) is 48.0 Å². The van der Waals surface area contributed by atoms with Crippen molar-refractivity contribution in [2.75, 3.05) is 18.0 Å². The molecule has 4 nitrogen and oxygen atoms in total. The summed E-state index contributed by atoms with van der Waals surface area (Å²) in [5.74, 6) is -0.223. The largest absolute Gasteiger partial charge is 0.361 e. The highest BCUT2D eigenvalue weighted by Gasteiger charge is 2.21. The zero-order valence-electron chi connectivity index (χ0n) is 12.7. The minimum absolute atomic E-state index is 0.0718. The van der Waals surface area contributed by atoms with E-state index >= 15 is 0 Å². The summed E-state index contributed by atoms with van der Waals surface area (Å²) in [6.45, 7) is 6.09. The van der Waals surface area contributed by atoms with Gasteiger partial charge in [-0.3, -0.25) is 4.68 Å². The number of halogens is 1. The lowest BCUT2D eigenvalue weighted by Crippen LogP contribution is -2.34. The normalized spacial score (nSPS) is 12.4. The fourth-order valence-electron chi connectivity index (χ4n) is 2.59. The highest BCUT2D eigenvalue weighted by atomic mass is 19.1. The van der Waals surface area contributed by atoms with Crippen LogP contribution in [-0.4, -0.2) is 22.9 Å². The molecule has 0 fully saturated rings. The average molecular weight is 290 g/mol. The third kappa shape index (κ3) is 3.42. The lowest BCUT2D eigenvalue weighted by Gasteiger charge is -2.31. The molecule has 5 heteroatoms. The molecule has 0 aliphatic carbocycles. The Labute approximate surface area is 125 Å². The van der Waals surface area contributed by atoms with Crippen molar-refractivity contribution in [2.45, 2.75) is 32.9 Å². The van der Waals surface area contributed by atoms with E-state index in [0.29, 0.717) is 18.8 Å². The Morgan fingerprint density at radius 3 is 2.71 bits per heavy atom. The van der Waals surface area contributed by atoms with Crippen LogP contribution < -0.4 is 10.6 Å². The molecule has 1 atom stereocenters. The number of nitrogens with zero attached hydrogens (tertiary/aromatic N) is 3.